The molecular formula is C104H138N6O9. The number of nitrogens with one attached hydrogen (secondary N) is 3. The number of para-hydroxylation sites is 6. The molecule has 6 N–H and O–H groups in total. The number of aromatic amines is 3. The van der Waals surface area contributed by atoms with Gasteiger partial charge in [0, 0.05) is 102 Å². The molecule has 0 aliphatic heterocycles. The second-order valence-electron chi connectivity index (χ2n) is 31.7. The predicted octanol–water partition coefficient (Wildman–Crippen LogP) is 26.7. The van der Waals surface area contributed by atoms with E-state index in [0.717, 1.165) is 136 Å². The van der Waals surface area contributed by atoms with Crippen LogP contribution in [0.5, 0.6) is 0 Å². The summed E-state index contributed by atoms with van der Waals surface area (Å²) in [7, 11) is 0. The summed E-state index contributed by atoms with van der Waals surface area (Å²) in [5, 5.41) is 34.6. The molecule has 0 amide bonds. The highest BCUT2D eigenvalue weighted by Gasteiger charge is 2.12. The molecule has 0 saturated carbocycles. The van der Waals surface area contributed by atoms with E-state index in [-0.39, 0.29) is 32.6 Å². The van der Waals surface area contributed by atoms with E-state index in [2.05, 4.69) is 62.6 Å². The standard InChI is InChI=1S/C18H25NO2.C18H23NO2.C18H25NO.C18H23NO.C16H21NO2.C16H21NO/c2*1-2-3-4-5-6-7-8-11-15-14-18(20)16-12-9-10-13-17(16)19(15)21;2*1-2-3-4-5-6-7-8-11-15-14-18(20)16-12-9-10-13-17(16)19-15;1-2-3-4-5-6-9-13-12-16(18)14-10-7-8-11-15(14)17(13)19;1-2-3-4-5-6-9-13-12-16(18)14-10-7-8-11-15(14)17-13/h9-10,12-14,21H,2-8,11H2,1H3;8-14,21H,2-7H2,1H3;9-10,12-14H,2-8,11H2,1H3,(H,19,20);8-14H,2-7H2,1H3,(H,19,20);7-8,10-12,19H,2-6,9H2,1H3;7-8,10-12H,2-6,9H2,1H3,(H,17,18)/b;11-8+;;11-8+;;. The molecular weight excluding hydrogens is 1480 g/mol. The number of benzene rings is 6. The lowest BCUT2D eigenvalue weighted by Gasteiger charge is -2.10. The first kappa shape index (κ1) is 95.6. The van der Waals surface area contributed by atoms with E-state index >= 15 is 0 Å². The van der Waals surface area contributed by atoms with Crippen LogP contribution in [-0.4, -0.2) is 44.8 Å². The minimum absolute atomic E-state index is 0.00570. The van der Waals surface area contributed by atoms with Crippen molar-refractivity contribution in [1.82, 2.24) is 29.1 Å². The molecule has 6 aromatic heterocycles. The number of nitrogens with zero attached hydrogens (tertiary/aromatic N) is 3. The second-order valence-corrected chi connectivity index (χ2v) is 31.7. The minimum atomic E-state index is -0.0569. The van der Waals surface area contributed by atoms with Crippen LogP contribution in [0.4, 0.5) is 0 Å². The Kier molecular flexibility index (Phi) is 45.0. The number of allylic oxidation sites excluding steroid dienone is 2. The zero-order valence-corrected chi connectivity index (χ0v) is 72.5. The fourth-order valence-electron chi connectivity index (χ4n) is 15.0. The van der Waals surface area contributed by atoms with Gasteiger partial charge in [0.05, 0.1) is 33.6 Å². The van der Waals surface area contributed by atoms with Crippen molar-refractivity contribution in [1.29, 1.82) is 0 Å². The Morgan fingerprint density at radius 2 is 0.529 bits per heavy atom. The monoisotopic (exact) mass is 1620 g/mol. The van der Waals surface area contributed by atoms with E-state index in [0.29, 0.717) is 49.8 Å². The number of unbranched alkanes of at least 4 members (excludes halogenated alkanes) is 30. The maximum atomic E-state index is 12.0. The van der Waals surface area contributed by atoms with Crippen molar-refractivity contribution in [3.8, 4) is 0 Å². The number of aromatic nitrogens is 6. The molecule has 0 aliphatic rings. The summed E-state index contributed by atoms with van der Waals surface area (Å²) in [5.74, 6) is 0. The number of fused-ring (bicyclic) bond motifs is 6. The summed E-state index contributed by atoms with van der Waals surface area (Å²) < 4.78 is 3.43. The molecule has 119 heavy (non-hydrogen) atoms. The molecule has 0 bridgehead atoms. The summed E-state index contributed by atoms with van der Waals surface area (Å²) in [6, 6.07) is 54.3. The van der Waals surface area contributed by atoms with Crippen molar-refractivity contribution in [2.45, 2.75) is 298 Å². The van der Waals surface area contributed by atoms with Gasteiger partial charge in [-0.1, -0.05) is 306 Å². The molecule has 12 rings (SSSR count). The third-order valence-corrected chi connectivity index (χ3v) is 21.9. The van der Waals surface area contributed by atoms with Crippen molar-refractivity contribution in [3.05, 3.63) is 290 Å². The minimum Gasteiger partial charge on any atom is -0.428 e. The van der Waals surface area contributed by atoms with Crippen LogP contribution in [0.1, 0.15) is 307 Å². The van der Waals surface area contributed by atoms with Crippen LogP contribution in [0.2, 0.25) is 0 Å². The van der Waals surface area contributed by atoms with E-state index in [1.807, 2.05) is 121 Å². The highest BCUT2D eigenvalue weighted by Crippen LogP contribution is 2.21. The zero-order chi connectivity index (χ0) is 85.0. The molecule has 0 fully saturated rings. The van der Waals surface area contributed by atoms with Crippen LogP contribution < -0.4 is 32.6 Å². The van der Waals surface area contributed by atoms with Gasteiger partial charge in [-0.05, 0) is 162 Å². The lowest BCUT2D eigenvalue weighted by Crippen LogP contribution is -2.12. The summed E-state index contributed by atoms with van der Waals surface area (Å²) in [6.07, 6.45) is 56.2. The number of hydrogen-bond donors (Lipinski definition) is 6. The highest BCUT2D eigenvalue weighted by atomic mass is 16.5. The first-order chi connectivity index (χ1) is 58.1. The molecule has 0 aliphatic carbocycles. The van der Waals surface area contributed by atoms with Crippen molar-refractivity contribution < 1.29 is 15.6 Å². The maximum Gasteiger partial charge on any atom is 0.190 e. The van der Waals surface area contributed by atoms with Gasteiger partial charge in [0.25, 0.3) is 0 Å². The average Bonchev–Trinajstić information content (AvgIpc) is 0.806. The van der Waals surface area contributed by atoms with Crippen molar-refractivity contribution in [2.75, 3.05) is 0 Å². The van der Waals surface area contributed by atoms with Gasteiger partial charge in [-0.3, -0.25) is 28.8 Å². The van der Waals surface area contributed by atoms with Crippen molar-refractivity contribution >= 4 is 77.6 Å². The van der Waals surface area contributed by atoms with Gasteiger partial charge in [-0.25, -0.2) is 0 Å². The lowest BCUT2D eigenvalue weighted by molar-refractivity contribution is 0.187. The van der Waals surface area contributed by atoms with E-state index < -0.39 is 0 Å². The van der Waals surface area contributed by atoms with Crippen molar-refractivity contribution in [3.63, 3.8) is 0 Å². The molecule has 0 atom stereocenters. The van der Waals surface area contributed by atoms with Crippen LogP contribution >= 0.6 is 0 Å². The molecule has 12 aromatic rings. The van der Waals surface area contributed by atoms with Gasteiger partial charge >= 0.3 is 0 Å². The molecule has 6 aromatic carbocycles. The lowest BCUT2D eigenvalue weighted by atomic mass is 10.1. The summed E-state index contributed by atoms with van der Waals surface area (Å²) in [4.78, 5) is 81.9. The first-order valence-corrected chi connectivity index (χ1v) is 45.3. The highest BCUT2D eigenvalue weighted by molar-refractivity contribution is 5.83. The van der Waals surface area contributed by atoms with E-state index in [1.54, 1.807) is 72.8 Å². The molecule has 0 spiro atoms. The number of hydrogen-bond acceptors (Lipinski definition) is 9. The van der Waals surface area contributed by atoms with Crippen LogP contribution in [0.25, 0.3) is 77.6 Å². The summed E-state index contributed by atoms with van der Waals surface area (Å²) >= 11 is 0. The predicted molar refractivity (Wildman–Crippen MR) is 503 cm³/mol. The summed E-state index contributed by atoms with van der Waals surface area (Å²) in [5.41, 5.74) is 9.83. The third kappa shape index (κ3) is 33.3. The number of aryl methyl sites for hydroxylation is 4. The number of pyridine rings is 6. The van der Waals surface area contributed by atoms with Gasteiger partial charge in [0.15, 0.2) is 32.6 Å². The quantitative estimate of drug-likeness (QED) is 0.0158. The third-order valence-electron chi connectivity index (χ3n) is 21.9. The van der Waals surface area contributed by atoms with E-state index in [9.17, 15) is 44.4 Å². The van der Waals surface area contributed by atoms with E-state index in [1.165, 1.54) is 191 Å². The first-order valence-electron chi connectivity index (χ1n) is 45.3. The Morgan fingerprint density at radius 3 is 0.899 bits per heavy atom. The van der Waals surface area contributed by atoms with Gasteiger partial charge in [0.2, 0.25) is 0 Å². The van der Waals surface area contributed by atoms with Crippen LogP contribution in [-0.2, 0) is 25.7 Å². The largest absolute Gasteiger partial charge is 0.428 e. The van der Waals surface area contributed by atoms with Gasteiger partial charge in [-0.2, -0.15) is 14.2 Å². The maximum absolute atomic E-state index is 12.0. The van der Waals surface area contributed by atoms with Crippen LogP contribution in [0.3, 0.4) is 0 Å². The molecule has 6 heterocycles. The van der Waals surface area contributed by atoms with E-state index in [4.69, 9.17) is 0 Å². The molecule has 638 valence electrons. The molecule has 15 heteroatoms. The van der Waals surface area contributed by atoms with Gasteiger partial charge in [-0.15, -0.1) is 0 Å². The second kappa shape index (κ2) is 56.0. The molecule has 15 nitrogen and oxygen atoms in total. The fraction of sp³-hybridized carbons (Fsp3) is 0.442. The average molecular weight is 1620 g/mol. The Morgan fingerprint density at radius 1 is 0.261 bits per heavy atom. The van der Waals surface area contributed by atoms with Gasteiger partial charge in [0.1, 0.15) is 0 Å². The van der Waals surface area contributed by atoms with Crippen LogP contribution in [0.15, 0.2) is 223 Å². The van der Waals surface area contributed by atoms with Crippen molar-refractivity contribution in [2.24, 2.45) is 0 Å². The van der Waals surface area contributed by atoms with Crippen LogP contribution in [0, 0.1) is 0 Å². The normalized spacial score (nSPS) is 11.2. The topological polar surface area (TPSA) is 225 Å². The number of H-pyrrole nitrogens is 3. The molecule has 0 saturated heterocycles. The SMILES string of the molecule is CCCCCCC/C=C/c1cc(=O)c2ccccc2[nH]1.CCCCCCC/C=C/c1cc(=O)c2ccccc2n1O.CCCCCCCCCc1cc(=O)c2ccccc2[nH]1.CCCCCCCCCc1cc(=O)c2ccccc2n1O.CCCCCCCc1cc(=O)c2ccccc2[nH]1.CCCCCCCc1cc(=O)c2ccccc2n1O. The zero-order valence-electron chi connectivity index (χ0n) is 72.5. The molecule has 0 radical (unpaired) electrons. The van der Waals surface area contributed by atoms with Gasteiger partial charge < -0.3 is 30.6 Å². The Hall–Kier alpha value is -10.5. The Labute approximate surface area is 706 Å². The Balaban J connectivity index is 0.000000197. The molecule has 0 unspecified atom stereocenters. The number of rotatable bonds is 42. The smallest absolute Gasteiger partial charge is 0.190 e. The Bertz CT molecular complexity index is 5390. The fourth-order valence-corrected chi connectivity index (χ4v) is 15.0. The summed E-state index contributed by atoms with van der Waals surface area (Å²) in [6.45, 7) is 13.3.